The van der Waals surface area contributed by atoms with E-state index in [9.17, 15) is 9.59 Å². The Morgan fingerprint density at radius 2 is 2.25 bits per heavy atom. The first-order valence-electron chi connectivity index (χ1n) is 4.88. The van der Waals surface area contributed by atoms with E-state index < -0.39 is 0 Å². The van der Waals surface area contributed by atoms with Gasteiger partial charge < -0.3 is 0 Å². The molecule has 5 heteroatoms. The lowest BCUT2D eigenvalue weighted by molar-refractivity contribution is 0.0968. The van der Waals surface area contributed by atoms with Crippen LogP contribution in [-0.4, -0.2) is 22.2 Å². The normalized spacial score (nSPS) is 18.3. The fraction of sp³-hybridized carbons (Fsp3) is 0.455. The molecule has 2 nitrogen and oxygen atoms in total. The number of carbonyl (C=O) groups is 2. The number of thiophene rings is 1. The summed E-state index contributed by atoms with van der Waals surface area (Å²) in [6.07, 6.45) is 0.524. The summed E-state index contributed by atoms with van der Waals surface area (Å²) in [4.78, 5) is 23.9. The number of carbonyl (C=O) groups excluding carboxylic acids is 2. The molecular weight excluding hydrogens is 264 g/mol. The summed E-state index contributed by atoms with van der Waals surface area (Å²) >= 11 is 8.56. The molecule has 16 heavy (non-hydrogen) atoms. The summed E-state index contributed by atoms with van der Waals surface area (Å²) in [5, 5.41) is 0. The first-order chi connectivity index (χ1) is 7.43. The minimum atomic E-state index is -0.104. The Kier molecular flexibility index (Phi) is 3.16. The van der Waals surface area contributed by atoms with E-state index in [1.807, 2.05) is 13.8 Å². The van der Waals surface area contributed by atoms with Crippen molar-refractivity contribution in [1.82, 2.24) is 0 Å². The first-order valence-corrected chi connectivity index (χ1v) is 7.05. The van der Waals surface area contributed by atoms with Crippen LogP contribution in [0.4, 0.5) is 0 Å². The van der Waals surface area contributed by atoms with E-state index >= 15 is 0 Å². The van der Waals surface area contributed by atoms with Crippen LogP contribution in [0, 0.1) is 0 Å². The molecule has 1 aromatic rings. The lowest BCUT2D eigenvalue weighted by Gasteiger charge is -2.26. The lowest BCUT2D eigenvalue weighted by Crippen LogP contribution is -2.24. The summed E-state index contributed by atoms with van der Waals surface area (Å²) in [6.45, 7) is 4.09. The molecule has 0 saturated heterocycles. The van der Waals surface area contributed by atoms with Crippen molar-refractivity contribution >= 4 is 46.3 Å². The maximum Gasteiger partial charge on any atom is 0.187 e. The van der Waals surface area contributed by atoms with Crippen molar-refractivity contribution in [3.05, 3.63) is 16.5 Å². The van der Waals surface area contributed by atoms with Crippen molar-refractivity contribution in [2.75, 3.05) is 5.88 Å². The van der Waals surface area contributed by atoms with Gasteiger partial charge in [0.05, 0.1) is 15.0 Å². The van der Waals surface area contributed by atoms with Crippen molar-refractivity contribution in [3.63, 3.8) is 0 Å². The van der Waals surface area contributed by atoms with Crippen LogP contribution in [0.2, 0.25) is 0 Å². The average Bonchev–Trinajstić information content (AvgIpc) is 2.58. The Morgan fingerprint density at radius 1 is 1.56 bits per heavy atom. The van der Waals surface area contributed by atoms with Crippen molar-refractivity contribution < 1.29 is 9.59 Å². The zero-order chi connectivity index (χ0) is 11.9. The van der Waals surface area contributed by atoms with Crippen molar-refractivity contribution in [2.45, 2.75) is 29.2 Å². The second-order valence-corrected chi connectivity index (χ2v) is 7.63. The van der Waals surface area contributed by atoms with E-state index in [2.05, 4.69) is 0 Å². The molecule has 0 aliphatic carbocycles. The maximum atomic E-state index is 11.9. The van der Waals surface area contributed by atoms with E-state index in [-0.39, 0.29) is 22.2 Å². The van der Waals surface area contributed by atoms with Crippen LogP contribution in [0.15, 0.2) is 10.3 Å². The molecule has 86 valence electrons. The summed E-state index contributed by atoms with van der Waals surface area (Å²) < 4.78 is 0.880. The second-order valence-electron chi connectivity index (χ2n) is 4.33. The van der Waals surface area contributed by atoms with Crippen LogP contribution in [0.3, 0.4) is 0 Å². The number of alkyl halides is 1. The average molecular weight is 275 g/mol. The molecule has 0 spiro atoms. The first kappa shape index (κ1) is 12.1. The molecule has 0 fully saturated rings. The fourth-order valence-corrected chi connectivity index (χ4v) is 4.79. The highest BCUT2D eigenvalue weighted by atomic mass is 35.5. The molecule has 2 rings (SSSR count). The van der Waals surface area contributed by atoms with Crippen molar-refractivity contribution in [1.29, 1.82) is 0 Å². The zero-order valence-corrected chi connectivity index (χ0v) is 11.4. The fourth-order valence-electron chi connectivity index (χ4n) is 1.62. The highest BCUT2D eigenvalue weighted by Gasteiger charge is 2.34. The third kappa shape index (κ3) is 2.19. The van der Waals surface area contributed by atoms with Crippen LogP contribution < -0.4 is 0 Å². The quantitative estimate of drug-likeness (QED) is 0.610. The van der Waals surface area contributed by atoms with Gasteiger partial charge in [0.15, 0.2) is 11.6 Å². The van der Waals surface area contributed by atoms with Gasteiger partial charge in [-0.2, -0.15) is 0 Å². The number of rotatable bonds is 2. The minimum Gasteiger partial charge on any atom is -0.294 e. The molecule has 0 saturated carbocycles. The standard InChI is InChI=1S/C11H11ClO2S2/c1-11(2)4-7(13)6-3-9(8(14)5-12)15-10(6)16-11/h3H,4-5H2,1-2H3. The molecule has 0 bridgehead atoms. The SMILES string of the molecule is CC1(C)CC(=O)c2cc(C(=O)CCl)sc2S1. The summed E-state index contributed by atoms with van der Waals surface area (Å²) in [6, 6.07) is 1.69. The lowest BCUT2D eigenvalue weighted by atomic mass is 10.0. The van der Waals surface area contributed by atoms with Gasteiger partial charge in [-0.15, -0.1) is 34.7 Å². The number of Topliss-reactive ketones (excluding diaryl/α,β-unsaturated/α-hetero) is 2. The largest absolute Gasteiger partial charge is 0.294 e. The van der Waals surface area contributed by atoms with E-state index in [1.54, 1.807) is 17.8 Å². The van der Waals surface area contributed by atoms with Crippen molar-refractivity contribution in [2.24, 2.45) is 0 Å². The number of hydrogen-bond donors (Lipinski definition) is 0. The maximum absolute atomic E-state index is 11.9. The molecule has 0 radical (unpaired) electrons. The Hall–Kier alpha value is -0.320. The Labute approximate surface area is 107 Å². The van der Waals surface area contributed by atoms with Crippen LogP contribution in [0.25, 0.3) is 0 Å². The summed E-state index contributed by atoms with van der Waals surface area (Å²) in [5.41, 5.74) is 0.697. The number of thioether (sulfide) groups is 1. The van der Waals surface area contributed by atoms with Gasteiger partial charge in [0, 0.05) is 16.7 Å². The molecule has 0 N–H and O–H groups in total. The van der Waals surface area contributed by atoms with Gasteiger partial charge >= 0.3 is 0 Å². The monoisotopic (exact) mass is 274 g/mol. The molecule has 0 unspecified atom stereocenters. The highest BCUT2D eigenvalue weighted by molar-refractivity contribution is 8.02. The highest BCUT2D eigenvalue weighted by Crippen LogP contribution is 2.46. The topological polar surface area (TPSA) is 34.1 Å². The van der Waals surface area contributed by atoms with Gasteiger partial charge in [-0.3, -0.25) is 9.59 Å². The van der Waals surface area contributed by atoms with Crippen LogP contribution in [0.1, 0.15) is 40.3 Å². The Balaban J connectivity index is 2.41. The Bertz CT molecular complexity index is 463. The molecule has 1 aliphatic heterocycles. The molecule has 0 aromatic carbocycles. The molecule has 0 atom stereocenters. The van der Waals surface area contributed by atoms with Gasteiger partial charge in [0.2, 0.25) is 0 Å². The van der Waals surface area contributed by atoms with E-state index in [1.165, 1.54) is 11.3 Å². The predicted octanol–water partition coefficient (Wildman–Crippen LogP) is 3.63. The van der Waals surface area contributed by atoms with Crippen LogP contribution in [-0.2, 0) is 0 Å². The van der Waals surface area contributed by atoms with Gasteiger partial charge in [-0.05, 0) is 19.9 Å². The van der Waals surface area contributed by atoms with Gasteiger partial charge in [0.1, 0.15) is 0 Å². The summed E-state index contributed by atoms with van der Waals surface area (Å²) in [5.74, 6) is -0.00217. The predicted molar refractivity (Wildman–Crippen MR) is 68.3 cm³/mol. The molecule has 1 aliphatic rings. The van der Waals surface area contributed by atoms with Gasteiger partial charge in [-0.1, -0.05) is 0 Å². The number of ketones is 2. The van der Waals surface area contributed by atoms with E-state index in [4.69, 9.17) is 11.6 Å². The molecule has 1 aromatic heterocycles. The van der Waals surface area contributed by atoms with Crippen LogP contribution >= 0.6 is 34.7 Å². The number of hydrogen-bond acceptors (Lipinski definition) is 4. The van der Waals surface area contributed by atoms with E-state index in [0.29, 0.717) is 16.9 Å². The van der Waals surface area contributed by atoms with Crippen LogP contribution in [0.5, 0.6) is 0 Å². The zero-order valence-electron chi connectivity index (χ0n) is 9.00. The third-order valence-corrected chi connectivity index (χ3v) is 5.17. The minimum absolute atomic E-state index is 0.0261. The van der Waals surface area contributed by atoms with E-state index in [0.717, 1.165) is 4.21 Å². The van der Waals surface area contributed by atoms with Gasteiger partial charge in [-0.25, -0.2) is 0 Å². The molecule has 0 amide bonds. The van der Waals surface area contributed by atoms with Gasteiger partial charge in [0.25, 0.3) is 0 Å². The second kappa shape index (κ2) is 4.17. The summed E-state index contributed by atoms with van der Waals surface area (Å²) in [7, 11) is 0. The Morgan fingerprint density at radius 3 is 2.88 bits per heavy atom. The smallest absolute Gasteiger partial charge is 0.187 e. The molecule has 2 heterocycles. The number of halogens is 1. The molecular formula is C11H11ClO2S2. The number of fused-ring (bicyclic) bond motifs is 1. The van der Waals surface area contributed by atoms with Crippen molar-refractivity contribution in [3.8, 4) is 0 Å². The third-order valence-electron chi connectivity index (χ3n) is 2.35.